The quantitative estimate of drug-likeness (QED) is 0.899. The number of nitrogens with zero attached hydrogens (tertiary/aromatic N) is 4. The highest BCUT2D eigenvalue weighted by molar-refractivity contribution is 6.33. The van der Waals surface area contributed by atoms with Crippen molar-refractivity contribution in [2.24, 2.45) is 11.7 Å². The molecule has 1 saturated heterocycles. The number of nitrogens with two attached hydrogens (primary N) is 1. The van der Waals surface area contributed by atoms with Crippen molar-refractivity contribution >= 4 is 17.5 Å². The second-order valence-electron chi connectivity index (χ2n) is 5.01. The number of pyridine rings is 1. The molecule has 6 nitrogen and oxygen atoms in total. The van der Waals surface area contributed by atoms with Crippen molar-refractivity contribution in [2.75, 3.05) is 24.5 Å². The second kappa shape index (κ2) is 5.76. The Hall–Kier alpha value is -1.66. The first-order valence-corrected chi connectivity index (χ1v) is 7.13. The maximum absolute atomic E-state index is 6.11. The van der Waals surface area contributed by atoms with Crippen LogP contribution in [0.15, 0.2) is 18.5 Å². The Morgan fingerprint density at radius 2 is 2.20 bits per heavy atom. The van der Waals surface area contributed by atoms with E-state index in [1.165, 1.54) is 0 Å². The smallest absolute Gasteiger partial charge is 0.245 e. The second-order valence-corrected chi connectivity index (χ2v) is 5.41. The van der Waals surface area contributed by atoms with E-state index >= 15 is 0 Å². The zero-order chi connectivity index (χ0) is 13.9. The zero-order valence-electron chi connectivity index (χ0n) is 11.1. The van der Waals surface area contributed by atoms with Crippen LogP contribution in [0.25, 0.3) is 11.4 Å². The van der Waals surface area contributed by atoms with Gasteiger partial charge in [0.15, 0.2) is 5.82 Å². The van der Waals surface area contributed by atoms with Crippen molar-refractivity contribution in [3.05, 3.63) is 23.5 Å². The summed E-state index contributed by atoms with van der Waals surface area (Å²) in [5, 5.41) is 7.80. The summed E-state index contributed by atoms with van der Waals surface area (Å²) in [7, 11) is 0. The highest BCUT2D eigenvalue weighted by atomic mass is 35.5. The van der Waals surface area contributed by atoms with E-state index in [4.69, 9.17) is 17.3 Å². The molecule has 0 unspecified atom stereocenters. The molecule has 3 N–H and O–H groups in total. The molecule has 7 heteroatoms. The highest BCUT2D eigenvalue weighted by Crippen LogP contribution is 2.26. The molecule has 0 bridgehead atoms. The minimum Gasteiger partial charge on any atom is -0.340 e. The maximum atomic E-state index is 6.11. The average Bonchev–Trinajstić information content (AvgIpc) is 2.97. The molecule has 106 valence electrons. The van der Waals surface area contributed by atoms with Crippen molar-refractivity contribution in [1.82, 2.24) is 20.2 Å². The van der Waals surface area contributed by atoms with Crippen molar-refractivity contribution in [1.29, 1.82) is 0 Å². The molecule has 0 atom stereocenters. The van der Waals surface area contributed by atoms with Crippen molar-refractivity contribution in [3.63, 3.8) is 0 Å². The van der Waals surface area contributed by atoms with Gasteiger partial charge in [-0.2, -0.15) is 4.98 Å². The Bertz CT molecular complexity index is 576. The molecule has 0 radical (unpaired) electrons. The van der Waals surface area contributed by atoms with Crippen LogP contribution in [0.3, 0.4) is 0 Å². The van der Waals surface area contributed by atoms with Gasteiger partial charge in [0, 0.05) is 31.0 Å². The largest absolute Gasteiger partial charge is 0.340 e. The van der Waals surface area contributed by atoms with Gasteiger partial charge in [0.05, 0.1) is 5.02 Å². The first kappa shape index (κ1) is 13.3. The lowest BCUT2D eigenvalue weighted by atomic mass is 9.97. The SMILES string of the molecule is NCC1CCN(c2n[nH]c(-c3ccncc3Cl)n2)CC1. The maximum Gasteiger partial charge on any atom is 0.245 e. The van der Waals surface area contributed by atoms with Gasteiger partial charge in [0.2, 0.25) is 5.95 Å². The Morgan fingerprint density at radius 1 is 1.40 bits per heavy atom. The predicted molar refractivity (Wildman–Crippen MR) is 78.6 cm³/mol. The lowest BCUT2D eigenvalue weighted by Gasteiger charge is -2.30. The zero-order valence-corrected chi connectivity index (χ0v) is 11.8. The molecule has 1 aliphatic heterocycles. The number of hydrogen-bond donors (Lipinski definition) is 2. The normalized spacial score (nSPS) is 16.6. The molecule has 0 aliphatic carbocycles. The van der Waals surface area contributed by atoms with Gasteiger partial charge in [-0.1, -0.05) is 11.6 Å². The molecule has 0 spiro atoms. The molecule has 3 heterocycles. The lowest BCUT2D eigenvalue weighted by Crippen LogP contribution is -2.36. The van der Waals surface area contributed by atoms with Crippen LogP contribution in [0.1, 0.15) is 12.8 Å². The van der Waals surface area contributed by atoms with E-state index in [-0.39, 0.29) is 0 Å². The number of piperidine rings is 1. The van der Waals surface area contributed by atoms with Crippen LogP contribution in [0.5, 0.6) is 0 Å². The molecule has 0 amide bonds. The fraction of sp³-hybridized carbons (Fsp3) is 0.462. The predicted octanol–water partition coefficient (Wildman–Crippen LogP) is 1.70. The molecular formula is C13H17ClN6. The number of anilines is 1. The molecule has 0 saturated carbocycles. The Balaban J connectivity index is 1.76. The summed E-state index contributed by atoms with van der Waals surface area (Å²) in [6.45, 7) is 2.66. The van der Waals surface area contributed by atoms with Crippen LogP contribution < -0.4 is 10.6 Å². The molecule has 2 aromatic heterocycles. The van der Waals surface area contributed by atoms with Gasteiger partial charge in [0.1, 0.15) is 0 Å². The van der Waals surface area contributed by atoms with E-state index in [1.807, 2.05) is 6.07 Å². The van der Waals surface area contributed by atoms with E-state index < -0.39 is 0 Å². The third kappa shape index (κ3) is 2.62. The molecular weight excluding hydrogens is 276 g/mol. The molecule has 20 heavy (non-hydrogen) atoms. The summed E-state index contributed by atoms with van der Waals surface area (Å²) >= 11 is 6.11. The Morgan fingerprint density at radius 3 is 2.90 bits per heavy atom. The van der Waals surface area contributed by atoms with E-state index in [1.54, 1.807) is 12.4 Å². The minimum atomic E-state index is 0.567. The first-order valence-electron chi connectivity index (χ1n) is 6.75. The number of aromatic amines is 1. The van der Waals surface area contributed by atoms with Gasteiger partial charge >= 0.3 is 0 Å². The third-order valence-electron chi connectivity index (χ3n) is 3.73. The van der Waals surface area contributed by atoms with Crippen LogP contribution in [0.2, 0.25) is 5.02 Å². The molecule has 1 fully saturated rings. The average molecular weight is 293 g/mol. The first-order chi connectivity index (χ1) is 9.78. The lowest BCUT2D eigenvalue weighted by molar-refractivity contribution is 0.411. The van der Waals surface area contributed by atoms with E-state index in [9.17, 15) is 0 Å². The van der Waals surface area contributed by atoms with E-state index in [0.717, 1.165) is 44.0 Å². The summed E-state index contributed by atoms with van der Waals surface area (Å²) in [6, 6.07) is 1.83. The van der Waals surface area contributed by atoms with E-state index in [0.29, 0.717) is 16.8 Å². The summed E-state index contributed by atoms with van der Waals surface area (Å²) in [5.41, 5.74) is 6.52. The monoisotopic (exact) mass is 292 g/mol. The summed E-state index contributed by atoms with van der Waals surface area (Å²) in [6.07, 6.45) is 5.48. The Labute approximate surface area is 122 Å². The highest BCUT2D eigenvalue weighted by Gasteiger charge is 2.21. The topological polar surface area (TPSA) is 83.7 Å². The molecule has 3 rings (SSSR count). The van der Waals surface area contributed by atoms with Crippen molar-refractivity contribution in [3.8, 4) is 11.4 Å². The fourth-order valence-corrected chi connectivity index (χ4v) is 2.66. The van der Waals surface area contributed by atoms with Crippen LogP contribution in [-0.4, -0.2) is 39.8 Å². The number of rotatable bonds is 3. The number of H-pyrrole nitrogens is 1. The standard InChI is InChI=1S/C13H17ClN6/c14-11-8-16-4-1-10(11)12-17-13(19-18-12)20-5-2-9(7-15)3-6-20/h1,4,8-9H,2-3,5-7,15H2,(H,17,18,19). The Kier molecular flexibility index (Phi) is 3.84. The molecule has 0 aromatic carbocycles. The van der Waals surface area contributed by atoms with Crippen molar-refractivity contribution < 1.29 is 0 Å². The summed E-state index contributed by atoms with van der Waals surface area (Å²) in [4.78, 5) is 10.7. The number of hydrogen-bond acceptors (Lipinski definition) is 5. The van der Waals surface area contributed by atoms with E-state index in [2.05, 4.69) is 25.1 Å². The van der Waals surface area contributed by atoms with Gasteiger partial charge < -0.3 is 10.6 Å². The van der Waals surface area contributed by atoms with Crippen LogP contribution in [-0.2, 0) is 0 Å². The van der Waals surface area contributed by atoms with Gasteiger partial charge in [-0.15, -0.1) is 5.10 Å². The fourth-order valence-electron chi connectivity index (χ4n) is 2.45. The van der Waals surface area contributed by atoms with Crippen molar-refractivity contribution in [2.45, 2.75) is 12.8 Å². The van der Waals surface area contributed by atoms with Crippen LogP contribution in [0, 0.1) is 5.92 Å². The third-order valence-corrected chi connectivity index (χ3v) is 4.03. The van der Waals surface area contributed by atoms with Gasteiger partial charge in [-0.25, -0.2) is 0 Å². The summed E-state index contributed by atoms with van der Waals surface area (Å²) in [5.74, 6) is 2.02. The number of aromatic nitrogens is 4. The molecule has 1 aliphatic rings. The number of nitrogens with one attached hydrogen (secondary N) is 1. The van der Waals surface area contributed by atoms with Gasteiger partial charge in [-0.3, -0.25) is 10.1 Å². The van der Waals surface area contributed by atoms with Gasteiger partial charge in [0.25, 0.3) is 0 Å². The number of halogens is 1. The van der Waals surface area contributed by atoms with Gasteiger partial charge in [-0.05, 0) is 31.4 Å². The van der Waals surface area contributed by atoms with Crippen LogP contribution in [0.4, 0.5) is 5.95 Å². The molecule has 2 aromatic rings. The minimum absolute atomic E-state index is 0.567. The summed E-state index contributed by atoms with van der Waals surface area (Å²) < 4.78 is 0. The van der Waals surface area contributed by atoms with Crippen LogP contribution >= 0.6 is 11.6 Å².